The third kappa shape index (κ3) is 3.62. The van der Waals surface area contributed by atoms with Crippen LogP contribution in [0.3, 0.4) is 0 Å². The van der Waals surface area contributed by atoms with Crippen LogP contribution in [-0.4, -0.2) is 54.4 Å². The minimum absolute atomic E-state index is 0.00941. The topological polar surface area (TPSA) is 59.0 Å². The number of ether oxygens (including phenoxy) is 2. The molecule has 0 aromatic heterocycles. The van der Waals surface area contributed by atoms with E-state index in [1.165, 1.54) is 0 Å². The monoisotopic (exact) mass is 339 g/mol. The van der Waals surface area contributed by atoms with Crippen molar-refractivity contribution in [3.05, 3.63) is 28.8 Å². The summed E-state index contributed by atoms with van der Waals surface area (Å²) in [6.07, 6.45) is 1.66. The number of aliphatic hydroxyl groups is 1. The van der Waals surface area contributed by atoms with Crippen LogP contribution >= 0.6 is 11.6 Å². The number of benzene rings is 1. The molecule has 1 aliphatic heterocycles. The second-order valence-electron chi connectivity index (χ2n) is 6.28. The number of carbonyl (C=O) groups excluding carboxylic acids is 1. The summed E-state index contributed by atoms with van der Waals surface area (Å²) in [5.74, 6) is 0.862. The van der Waals surface area contributed by atoms with Gasteiger partial charge in [-0.25, -0.2) is 0 Å². The fourth-order valence-electron chi connectivity index (χ4n) is 3.51. The molecule has 5 nitrogen and oxygen atoms in total. The van der Waals surface area contributed by atoms with Gasteiger partial charge in [-0.2, -0.15) is 0 Å². The molecule has 2 fully saturated rings. The third-order valence-electron chi connectivity index (χ3n) is 4.70. The van der Waals surface area contributed by atoms with E-state index in [9.17, 15) is 9.90 Å². The average Bonchev–Trinajstić information content (AvgIpc) is 2.96. The Labute approximate surface area is 141 Å². The maximum atomic E-state index is 12.5. The van der Waals surface area contributed by atoms with Crippen molar-refractivity contribution >= 4 is 17.5 Å². The number of amides is 1. The van der Waals surface area contributed by atoms with E-state index >= 15 is 0 Å². The minimum atomic E-state index is -0.0313. The van der Waals surface area contributed by atoms with E-state index < -0.39 is 0 Å². The molecule has 1 amide bonds. The zero-order valence-corrected chi connectivity index (χ0v) is 14.0. The summed E-state index contributed by atoms with van der Waals surface area (Å²) in [6, 6.07) is 5.41. The molecule has 0 radical (unpaired) electrons. The summed E-state index contributed by atoms with van der Waals surface area (Å²) in [6.45, 7) is 3.19. The van der Waals surface area contributed by atoms with Crippen LogP contribution in [0.2, 0.25) is 5.02 Å². The number of hydrogen-bond acceptors (Lipinski definition) is 4. The van der Waals surface area contributed by atoms with E-state index in [0.29, 0.717) is 23.9 Å². The van der Waals surface area contributed by atoms with E-state index in [1.807, 2.05) is 17.9 Å². The molecule has 1 aromatic carbocycles. The summed E-state index contributed by atoms with van der Waals surface area (Å²) in [5.41, 5.74) is 0.909. The Hall–Kier alpha value is -1.30. The molecule has 1 aromatic rings. The Morgan fingerprint density at radius 2 is 2.30 bits per heavy atom. The fraction of sp³-hybridized carbons (Fsp3) is 0.588. The highest BCUT2D eigenvalue weighted by Crippen LogP contribution is 2.34. The van der Waals surface area contributed by atoms with Gasteiger partial charge < -0.3 is 19.5 Å². The molecular weight excluding hydrogens is 318 g/mol. The molecule has 1 aliphatic carbocycles. The number of fused-ring (bicyclic) bond motifs is 1. The Bertz CT molecular complexity index is 580. The van der Waals surface area contributed by atoms with Gasteiger partial charge in [-0.05, 0) is 49.4 Å². The van der Waals surface area contributed by atoms with Gasteiger partial charge in [0.25, 0.3) is 5.91 Å². The van der Waals surface area contributed by atoms with Crippen molar-refractivity contribution in [2.24, 2.45) is 5.92 Å². The van der Waals surface area contributed by atoms with Crippen LogP contribution in [0.4, 0.5) is 0 Å². The van der Waals surface area contributed by atoms with Crippen molar-refractivity contribution in [2.45, 2.75) is 31.9 Å². The van der Waals surface area contributed by atoms with Crippen molar-refractivity contribution in [2.75, 3.05) is 26.4 Å². The van der Waals surface area contributed by atoms with E-state index in [4.69, 9.17) is 21.1 Å². The summed E-state index contributed by atoms with van der Waals surface area (Å²) < 4.78 is 11.4. The molecule has 1 saturated carbocycles. The van der Waals surface area contributed by atoms with Crippen molar-refractivity contribution < 1.29 is 19.4 Å². The largest absolute Gasteiger partial charge is 0.483 e. The molecule has 1 N–H and O–H groups in total. The maximum Gasteiger partial charge on any atom is 0.260 e. The summed E-state index contributed by atoms with van der Waals surface area (Å²) in [7, 11) is 0. The SMILES string of the molecule is Cc1cc(Cl)ccc1OCC(=O)N1CCO[C@H]2C[C@H](CO)C[C@@H]21. The number of hydrogen-bond donors (Lipinski definition) is 1. The molecule has 1 saturated heterocycles. The van der Waals surface area contributed by atoms with Crippen LogP contribution in [-0.2, 0) is 9.53 Å². The van der Waals surface area contributed by atoms with Crippen LogP contribution in [0.5, 0.6) is 5.75 Å². The lowest BCUT2D eigenvalue weighted by atomic mass is 10.1. The zero-order chi connectivity index (χ0) is 16.4. The van der Waals surface area contributed by atoms with Crippen molar-refractivity contribution in [1.82, 2.24) is 4.90 Å². The predicted molar refractivity (Wildman–Crippen MR) is 86.7 cm³/mol. The number of aliphatic hydroxyl groups excluding tert-OH is 1. The first-order valence-electron chi connectivity index (χ1n) is 7.99. The quantitative estimate of drug-likeness (QED) is 0.911. The molecule has 3 rings (SSSR count). The first-order valence-corrected chi connectivity index (χ1v) is 8.37. The van der Waals surface area contributed by atoms with Gasteiger partial charge in [0.05, 0.1) is 18.8 Å². The van der Waals surface area contributed by atoms with Gasteiger partial charge in [0.15, 0.2) is 6.61 Å². The Morgan fingerprint density at radius 1 is 1.48 bits per heavy atom. The number of carbonyl (C=O) groups is 1. The fourth-order valence-corrected chi connectivity index (χ4v) is 3.73. The Morgan fingerprint density at radius 3 is 3.04 bits per heavy atom. The highest BCUT2D eigenvalue weighted by atomic mass is 35.5. The lowest BCUT2D eigenvalue weighted by molar-refractivity contribution is -0.146. The van der Waals surface area contributed by atoms with Gasteiger partial charge in [-0.3, -0.25) is 4.79 Å². The molecule has 0 spiro atoms. The summed E-state index contributed by atoms with van der Waals surface area (Å²) >= 11 is 5.92. The number of halogens is 1. The van der Waals surface area contributed by atoms with Gasteiger partial charge in [-0.15, -0.1) is 0 Å². The van der Waals surface area contributed by atoms with Crippen LogP contribution in [0, 0.1) is 12.8 Å². The normalized spacial score (nSPS) is 26.9. The number of nitrogens with zero attached hydrogens (tertiary/aromatic N) is 1. The second kappa shape index (κ2) is 7.07. The molecular formula is C17H22ClNO4. The first-order chi connectivity index (χ1) is 11.1. The van der Waals surface area contributed by atoms with Crippen LogP contribution < -0.4 is 4.74 Å². The lowest BCUT2D eigenvalue weighted by Gasteiger charge is -2.37. The molecule has 2 aliphatic rings. The smallest absolute Gasteiger partial charge is 0.260 e. The van der Waals surface area contributed by atoms with Gasteiger partial charge in [0.2, 0.25) is 0 Å². The van der Waals surface area contributed by atoms with E-state index in [2.05, 4.69) is 0 Å². The van der Waals surface area contributed by atoms with E-state index in [1.54, 1.807) is 12.1 Å². The summed E-state index contributed by atoms with van der Waals surface area (Å²) in [4.78, 5) is 14.4. The molecule has 0 bridgehead atoms. The third-order valence-corrected chi connectivity index (χ3v) is 4.94. The minimum Gasteiger partial charge on any atom is -0.483 e. The Kier molecular flexibility index (Phi) is 5.09. The van der Waals surface area contributed by atoms with Crippen LogP contribution in [0.1, 0.15) is 18.4 Å². The van der Waals surface area contributed by atoms with Crippen LogP contribution in [0.25, 0.3) is 0 Å². The second-order valence-corrected chi connectivity index (χ2v) is 6.72. The molecule has 0 unspecified atom stereocenters. The van der Waals surface area contributed by atoms with Crippen molar-refractivity contribution in [3.8, 4) is 5.75 Å². The van der Waals surface area contributed by atoms with Crippen LogP contribution in [0.15, 0.2) is 18.2 Å². The van der Waals surface area contributed by atoms with Gasteiger partial charge in [-0.1, -0.05) is 11.6 Å². The van der Waals surface area contributed by atoms with Crippen molar-refractivity contribution in [3.63, 3.8) is 0 Å². The van der Waals surface area contributed by atoms with E-state index in [-0.39, 0.29) is 37.2 Å². The molecule has 23 heavy (non-hydrogen) atoms. The maximum absolute atomic E-state index is 12.5. The van der Waals surface area contributed by atoms with E-state index in [0.717, 1.165) is 18.4 Å². The predicted octanol–water partition coefficient (Wildman–Crippen LogP) is 2.03. The molecule has 1 heterocycles. The summed E-state index contributed by atoms with van der Waals surface area (Å²) in [5, 5.41) is 10.00. The highest BCUT2D eigenvalue weighted by molar-refractivity contribution is 6.30. The zero-order valence-electron chi connectivity index (χ0n) is 13.2. The average molecular weight is 340 g/mol. The van der Waals surface area contributed by atoms with Gasteiger partial charge >= 0.3 is 0 Å². The molecule has 126 valence electrons. The van der Waals surface area contributed by atoms with Gasteiger partial charge in [0.1, 0.15) is 5.75 Å². The van der Waals surface area contributed by atoms with Gasteiger partial charge in [0, 0.05) is 18.2 Å². The molecule has 6 heteroatoms. The highest BCUT2D eigenvalue weighted by Gasteiger charge is 2.42. The Balaban J connectivity index is 1.61. The standard InChI is InChI=1S/C17H22ClNO4/c1-11-6-13(18)2-3-15(11)23-10-17(21)19-4-5-22-16-8-12(9-20)7-14(16)19/h2-3,6,12,14,16,20H,4-5,7-10H2,1H3/t12-,14+,16+/m1/s1. The lowest BCUT2D eigenvalue weighted by Crippen LogP contribution is -2.52. The first kappa shape index (κ1) is 16.6. The number of morpholine rings is 1. The number of rotatable bonds is 4. The number of aryl methyl sites for hydroxylation is 1. The van der Waals surface area contributed by atoms with Crippen molar-refractivity contribution in [1.29, 1.82) is 0 Å². The molecule has 3 atom stereocenters.